The van der Waals surface area contributed by atoms with Gasteiger partial charge in [0.1, 0.15) is 0 Å². The minimum absolute atomic E-state index is 0.943. The third-order valence-electron chi connectivity index (χ3n) is 3.93. The largest absolute Gasteiger partial charge is 0.0654 e. The van der Waals surface area contributed by atoms with Gasteiger partial charge < -0.3 is 0 Å². The second-order valence-corrected chi connectivity index (χ2v) is 6.02. The summed E-state index contributed by atoms with van der Waals surface area (Å²) in [5.41, 5.74) is 0. The second kappa shape index (κ2) is 15.1. The zero-order valence-electron chi connectivity index (χ0n) is 13.3. The van der Waals surface area contributed by atoms with Gasteiger partial charge in [-0.3, -0.25) is 0 Å². The van der Waals surface area contributed by atoms with Gasteiger partial charge in [0.25, 0.3) is 0 Å². The minimum atomic E-state index is 0.943. The average molecular weight is 253 g/mol. The van der Waals surface area contributed by atoms with Gasteiger partial charge in [-0.1, -0.05) is 97.8 Å². The molecule has 18 heavy (non-hydrogen) atoms. The lowest BCUT2D eigenvalue weighted by molar-refractivity contribution is 0.451. The maximum Gasteiger partial charge on any atom is -0.0386 e. The number of hydrogen-bond acceptors (Lipinski definition) is 0. The van der Waals surface area contributed by atoms with Gasteiger partial charge in [0.15, 0.2) is 0 Å². The van der Waals surface area contributed by atoms with Crippen molar-refractivity contribution in [3.8, 4) is 0 Å². The van der Waals surface area contributed by atoms with Crippen LogP contribution in [0.3, 0.4) is 0 Å². The first-order chi connectivity index (χ1) is 8.81. The molecule has 0 heterocycles. The summed E-state index contributed by atoms with van der Waals surface area (Å²) in [6.45, 7) is 7.01. The number of unbranched alkanes of at least 4 members (excludes halogenated alkanes) is 10. The molecule has 0 aromatic carbocycles. The lowest BCUT2D eigenvalue weighted by atomic mass is 9.96. The highest BCUT2D eigenvalue weighted by atomic mass is 14.1. The van der Waals surface area contributed by atoms with E-state index in [9.17, 15) is 0 Å². The van der Waals surface area contributed by atoms with E-state index in [1.54, 1.807) is 0 Å². The molecule has 0 fully saturated rings. The van der Waals surface area contributed by atoms with Crippen molar-refractivity contribution in [1.29, 1.82) is 0 Å². The van der Waals surface area contributed by atoms with Crippen LogP contribution in [-0.4, -0.2) is 0 Å². The first-order valence-electron chi connectivity index (χ1n) is 8.62. The summed E-state index contributed by atoms with van der Waals surface area (Å²) in [7, 11) is 0. The number of rotatable bonds is 14. The zero-order valence-corrected chi connectivity index (χ0v) is 13.3. The van der Waals surface area contributed by atoms with Crippen LogP contribution in [0, 0.1) is 12.3 Å². The highest BCUT2D eigenvalue weighted by molar-refractivity contribution is 4.67. The third kappa shape index (κ3) is 14.1. The van der Waals surface area contributed by atoms with Crippen molar-refractivity contribution in [3.05, 3.63) is 6.42 Å². The van der Waals surface area contributed by atoms with Gasteiger partial charge in [0.2, 0.25) is 0 Å². The molecule has 0 saturated heterocycles. The van der Waals surface area contributed by atoms with E-state index < -0.39 is 0 Å². The molecular weight excluding hydrogens is 216 g/mol. The van der Waals surface area contributed by atoms with Crippen LogP contribution in [0.2, 0.25) is 0 Å². The smallest absolute Gasteiger partial charge is 0.0386 e. The van der Waals surface area contributed by atoms with Crippen molar-refractivity contribution >= 4 is 0 Å². The standard InChI is InChI=1S/C18H37/c1-4-6-8-10-12-14-16-18(3)17-15-13-11-9-7-5-2/h12,18H,4-11,13-17H2,1-3H3. The fourth-order valence-corrected chi connectivity index (χ4v) is 2.50. The predicted molar refractivity (Wildman–Crippen MR) is 84.8 cm³/mol. The maximum absolute atomic E-state index is 2.52. The lowest BCUT2D eigenvalue weighted by Gasteiger charge is -2.10. The normalized spacial score (nSPS) is 11.3. The van der Waals surface area contributed by atoms with E-state index >= 15 is 0 Å². The van der Waals surface area contributed by atoms with E-state index in [4.69, 9.17) is 0 Å². The highest BCUT2D eigenvalue weighted by Crippen LogP contribution is 2.17. The molecule has 0 bridgehead atoms. The van der Waals surface area contributed by atoms with Crippen LogP contribution < -0.4 is 0 Å². The highest BCUT2D eigenvalue weighted by Gasteiger charge is 2.01. The maximum atomic E-state index is 2.52. The zero-order chi connectivity index (χ0) is 13.5. The number of hydrogen-bond donors (Lipinski definition) is 0. The van der Waals surface area contributed by atoms with Gasteiger partial charge in [-0.25, -0.2) is 0 Å². The van der Waals surface area contributed by atoms with Crippen LogP contribution in [0.15, 0.2) is 0 Å². The Balaban J connectivity index is 3.10. The van der Waals surface area contributed by atoms with Crippen LogP contribution in [0.1, 0.15) is 104 Å². The Labute approximate surface area is 117 Å². The quantitative estimate of drug-likeness (QED) is 0.294. The fraction of sp³-hybridized carbons (Fsp3) is 0.944. The molecule has 1 atom stereocenters. The summed E-state index contributed by atoms with van der Waals surface area (Å²) in [5.74, 6) is 0.943. The minimum Gasteiger partial charge on any atom is -0.0654 e. The third-order valence-corrected chi connectivity index (χ3v) is 3.93. The molecule has 0 N–H and O–H groups in total. The van der Waals surface area contributed by atoms with Crippen molar-refractivity contribution in [2.24, 2.45) is 5.92 Å². The predicted octanol–water partition coefficient (Wildman–Crippen LogP) is 6.94. The van der Waals surface area contributed by atoms with Crippen LogP contribution in [0.25, 0.3) is 0 Å². The summed E-state index contributed by atoms with van der Waals surface area (Å²) in [5, 5.41) is 0. The molecule has 0 heteroatoms. The average Bonchev–Trinajstić information content (AvgIpc) is 2.38. The molecule has 0 aliphatic carbocycles. The van der Waals surface area contributed by atoms with Crippen molar-refractivity contribution in [2.75, 3.05) is 0 Å². The molecule has 0 amide bonds. The van der Waals surface area contributed by atoms with Gasteiger partial charge in [0.05, 0.1) is 0 Å². The van der Waals surface area contributed by atoms with Crippen molar-refractivity contribution in [2.45, 2.75) is 104 Å². The molecule has 0 aliphatic heterocycles. The van der Waals surface area contributed by atoms with E-state index in [2.05, 4.69) is 27.2 Å². The Bertz CT molecular complexity index is 123. The summed E-state index contributed by atoms with van der Waals surface area (Å²) in [6, 6.07) is 0. The van der Waals surface area contributed by atoms with Gasteiger partial charge >= 0.3 is 0 Å². The Hall–Kier alpha value is 0. The van der Waals surface area contributed by atoms with Crippen LogP contribution in [0.4, 0.5) is 0 Å². The first kappa shape index (κ1) is 18.0. The van der Waals surface area contributed by atoms with E-state index in [1.807, 2.05) is 0 Å². The van der Waals surface area contributed by atoms with Gasteiger partial charge in [-0.2, -0.15) is 0 Å². The summed E-state index contributed by atoms with van der Waals surface area (Å²) >= 11 is 0. The van der Waals surface area contributed by atoms with Crippen LogP contribution in [0.5, 0.6) is 0 Å². The topological polar surface area (TPSA) is 0 Å². The Morgan fingerprint density at radius 2 is 1.28 bits per heavy atom. The van der Waals surface area contributed by atoms with Crippen molar-refractivity contribution in [3.63, 3.8) is 0 Å². The molecule has 0 aromatic rings. The Kier molecular flexibility index (Phi) is 15.1. The van der Waals surface area contributed by atoms with Gasteiger partial charge in [-0.05, 0) is 18.8 Å². The Morgan fingerprint density at radius 1 is 0.667 bits per heavy atom. The van der Waals surface area contributed by atoms with Crippen LogP contribution >= 0.6 is 0 Å². The summed E-state index contributed by atoms with van der Waals surface area (Å²) in [4.78, 5) is 0. The summed E-state index contributed by atoms with van der Waals surface area (Å²) < 4.78 is 0. The molecule has 1 unspecified atom stereocenters. The van der Waals surface area contributed by atoms with E-state index in [1.165, 1.54) is 83.5 Å². The SMILES string of the molecule is CCCCC[CH]CCC(C)CCCCCCCC. The lowest BCUT2D eigenvalue weighted by Crippen LogP contribution is -1.95. The first-order valence-corrected chi connectivity index (χ1v) is 8.62. The van der Waals surface area contributed by atoms with E-state index in [-0.39, 0.29) is 0 Å². The molecule has 0 rings (SSSR count). The molecule has 1 radical (unpaired) electrons. The molecule has 0 spiro atoms. The monoisotopic (exact) mass is 253 g/mol. The van der Waals surface area contributed by atoms with Crippen LogP contribution in [-0.2, 0) is 0 Å². The summed E-state index contributed by atoms with van der Waals surface area (Å²) in [6.07, 6.45) is 20.9. The van der Waals surface area contributed by atoms with E-state index in [0.29, 0.717) is 0 Å². The molecule has 0 saturated carbocycles. The Morgan fingerprint density at radius 3 is 2.00 bits per heavy atom. The molecule has 0 nitrogen and oxygen atoms in total. The van der Waals surface area contributed by atoms with Gasteiger partial charge in [-0.15, -0.1) is 0 Å². The van der Waals surface area contributed by atoms with Gasteiger partial charge in [0, 0.05) is 0 Å². The fourth-order valence-electron chi connectivity index (χ4n) is 2.50. The molecule has 109 valence electrons. The molecule has 0 aliphatic rings. The second-order valence-electron chi connectivity index (χ2n) is 6.02. The molecular formula is C18H37. The van der Waals surface area contributed by atoms with E-state index in [0.717, 1.165) is 5.92 Å². The molecule has 0 aromatic heterocycles. The van der Waals surface area contributed by atoms with Crippen molar-refractivity contribution < 1.29 is 0 Å². The van der Waals surface area contributed by atoms with Crippen molar-refractivity contribution in [1.82, 2.24) is 0 Å².